The average Bonchev–Trinajstić information content (AvgIpc) is 3.48. The summed E-state index contributed by atoms with van der Waals surface area (Å²) in [7, 11) is 8.75. The second-order valence-electron chi connectivity index (χ2n) is 9.07. The molecular weight excluding hydrogens is 636 g/mol. The van der Waals surface area contributed by atoms with Gasteiger partial charge in [0.25, 0.3) is 0 Å². The molecule has 2 aliphatic carbocycles. The Balaban J connectivity index is 0.00000127. The standard InChI is InChI=1S/C16H11BrN.C13H9.2ClH.S.Zr/c1-18-15-5-3-2-4-13(15)14-9-10-8-11(17)6-7-12(10)16(14)18;1-3-7-12-10(5-1)9-11-6-2-4-8-13(11)12;;;;/h2-3,5-8H,9H2,1H3;1-7H,9H2;2*1H;;/q;;;;;+2/p-2. The maximum Gasteiger partial charge on any atom is -1.00 e. The van der Waals surface area contributed by atoms with E-state index in [2.05, 4.69) is 106 Å². The van der Waals surface area contributed by atoms with Crippen molar-refractivity contribution in [2.75, 3.05) is 0 Å². The molecule has 7 rings (SSSR count). The summed E-state index contributed by atoms with van der Waals surface area (Å²) in [5.74, 6) is 0. The number of aryl methyl sites for hydroxylation is 1. The molecule has 0 aliphatic heterocycles. The van der Waals surface area contributed by atoms with Gasteiger partial charge in [-0.15, -0.1) is 0 Å². The summed E-state index contributed by atoms with van der Waals surface area (Å²) in [6.07, 6.45) is 2.01. The molecule has 0 saturated heterocycles. The quantitative estimate of drug-likeness (QED) is 0.267. The van der Waals surface area contributed by atoms with E-state index >= 15 is 0 Å². The number of hydrogen-bond donors (Lipinski definition) is 0. The molecule has 0 saturated carbocycles. The Morgan fingerprint density at radius 1 is 0.771 bits per heavy atom. The van der Waals surface area contributed by atoms with Gasteiger partial charge in [0.2, 0.25) is 0 Å². The van der Waals surface area contributed by atoms with Crippen LogP contribution in [0.3, 0.4) is 0 Å². The van der Waals surface area contributed by atoms with Crippen LogP contribution in [0.2, 0.25) is 0 Å². The van der Waals surface area contributed by atoms with Gasteiger partial charge in [-0.2, -0.15) is 0 Å². The number of aromatic nitrogens is 1. The largest absolute Gasteiger partial charge is 1.00 e. The van der Waals surface area contributed by atoms with E-state index in [1.807, 2.05) is 0 Å². The summed E-state index contributed by atoms with van der Waals surface area (Å²) in [6.45, 7) is 0. The smallest absolute Gasteiger partial charge is 1.00 e. The fraction of sp³-hybridized carbons (Fsp3) is 0.103. The Labute approximate surface area is 237 Å². The maximum absolute atomic E-state index is 6.54. The van der Waals surface area contributed by atoms with Crippen molar-refractivity contribution in [1.82, 2.24) is 4.57 Å². The van der Waals surface area contributed by atoms with E-state index < -0.39 is 19.7 Å². The molecule has 0 N–H and O–H groups in total. The molecule has 0 bridgehead atoms. The van der Waals surface area contributed by atoms with Gasteiger partial charge in [-0.25, -0.2) is 0 Å². The normalized spacial score (nSPS) is 12.0. The zero-order valence-corrected chi connectivity index (χ0v) is 25.3. The Morgan fingerprint density at radius 3 is 2.37 bits per heavy atom. The SMILES string of the molecule is Cn1c2c(c3[c]([Zr+2](=[S])[c]4cccc5c4-c4ccccc4C5)cccc31)Cc1cc(Br)ccc1-2.[Cl-].[Cl-]. The second-order valence-corrected chi connectivity index (χ2v) is 16.7. The van der Waals surface area contributed by atoms with Gasteiger partial charge < -0.3 is 24.8 Å². The Kier molecular flexibility index (Phi) is 6.83. The van der Waals surface area contributed by atoms with E-state index in [1.165, 1.54) is 62.1 Å². The van der Waals surface area contributed by atoms with E-state index in [0.29, 0.717) is 0 Å². The minimum atomic E-state index is -2.56. The van der Waals surface area contributed by atoms with Crippen molar-refractivity contribution >= 4 is 42.2 Å². The van der Waals surface area contributed by atoms with Crippen LogP contribution in [0, 0.1) is 0 Å². The van der Waals surface area contributed by atoms with Gasteiger partial charge in [0, 0.05) is 0 Å². The molecule has 1 heterocycles. The predicted octanol–water partition coefficient (Wildman–Crippen LogP) is 0.773. The van der Waals surface area contributed by atoms with Gasteiger partial charge in [0.05, 0.1) is 0 Å². The number of rotatable bonds is 2. The van der Waals surface area contributed by atoms with Crippen molar-refractivity contribution in [1.29, 1.82) is 0 Å². The molecule has 0 amide bonds. The van der Waals surface area contributed by atoms with Crippen LogP contribution in [-0.2, 0) is 39.6 Å². The molecule has 4 aromatic carbocycles. The molecule has 35 heavy (non-hydrogen) atoms. The number of halogens is 3. The third-order valence-corrected chi connectivity index (χ3v) is 14.9. The zero-order valence-electron chi connectivity index (χ0n) is 18.9. The Bertz CT molecular complexity index is 1670. The number of benzene rings is 4. The number of fused-ring (bicyclic) bond motifs is 8. The Morgan fingerprint density at radius 2 is 1.51 bits per heavy atom. The van der Waals surface area contributed by atoms with E-state index in [1.54, 1.807) is 0 Å². The molecule has 1 aromatic heterocycles. The second kappa shape index (κ2) is 9.47. The van der Waals surface area contributed by atoms with Crippen LogP contribution >= 0.6 is 24.8 Å². The summed E-state index contributed by atoms with van der Waals surface area (Å²) < 4.78 is 6.45. The third kappa shape index (κ3) is 3.71. The minimum Gasteiger partial charge on any atom is -1.00 e. The molecule has 0 atom stereocenters. The number of hydrogen-bond acceptors (Lipinski definition) is 1. The molecule has 0 fully saturated rings. The van der Waals surface area contributed by atoms with Gasteiger partial charge in [0.1, 0.15) is 0 Å². The zero-order chi connectivity index (χ0) is 22.3. The van der Waals surface area contributed by atoms with Gasteiger partial charge >= 0.3 is 214 Å². The molecule has 5 aromatic rings. The van der Waals surface area contributed by atoms with Crippen molar-refractivity contribution in [2.45, 2.75) is 12.8 Å². The third-order valence-electron chi connectivity index (χ3n) is 7.32. The summed E-state index contributed by atoms with van der Waals surface area (Å²) in [4.78, 5) is 0. The van der Waals surface area contributed by atoms with Crippen molar-refractivity contribution in [3.8, 4) is 22.4 Å². The summed E-state index contributed by atoms with van der Waals surface area (Å²) >= 11 is 1.10. The molecule has 1 nitrogen and oxygen atoms in total. The predicted molar refractivity (Wildman–Crippen MR) is 140 cm³/mol. The van der Waals surface area contributed by atoms with Gasteiger partial charge in [-0.3, -0.25) is 0 Å². The molecule has 172 valence electrons. The summed E-state index contributed by atoms with van der Waals surface area (Å²) in [5, 5.41) is 1.43. The van der Waals surface area contributed by atoms with Gasteiger partial charge in [-0.05, 0) is 0 Å². The van der Waals surface area contributed by atoms with Gasteiger partial charge in [0.15, 0.2) is 0 Å². The van der Waals surface area contributed by atoms with Crippen LogP contribution in [0.5, 0.6) is 0 Å². The first-order valence-electron chi connectivity index (χ1n) is 11.3. The van der Waals surface area contributed by atoms with E-state index in [9.17, 15) is 0 Å². The first-order chi connectivity index (χ1) is 16.1. The summed E-state index contributed by atoms with van der Waals surface area (Å²) in [6, 6.07) is 29.2. The molecule has 0 radical (unpaired) electrons. The van der Waals surface area contributed by atoms with Crippen LogP contribution < -0.4 is 31.4 Å². The maximum atomic E-state index is 6.54. The fourth-order valence-corrected chi connectivity index (χ4v) is 12.8. The molecular formula is C29H20BrCl2NSZr. The molecule has 2 aliphatic rings. The van der Waals surface area contributed by atoms with Crippen LogP contribution in [-0.4, -0.2) is 4.57 Å². The van der Waals surface area contributed by atoms with Crippen molar-refractivity contribution < 1.29 is 44.5 Å². The van der Waals surface area contributed by atoms with Crippen LogP contribution in [0.15, 0.2) is 83.3 Å². The van der Waals surface area contributed by atoms with Crippen molar-refractivity contribution in [3.63, 3.8) is 0 Å². The van der Waals surface area contributed by atoms with Crippen LogP contribution in [0.1, 0.15) is 22.3 Å². The number of nitrogens with zero attached hydrogens (tertiary/aromatic N) is 1. The monoisotopic (exact) mass is 653 g/mol. The topological polar surface area (TPSA) is 4.93 Å². The van der Waals surface area contributed by atoms with E-state index in [0.717, 1.165) is 17.3 Å². The van der Waals surface area contributed by atoms with Gasteiger partial charge in [-0.1, -0.05) is 0 Å². The van der Waals surface area contributed by atoms with E-state index in [-0.39, 0.29) is 24.8 Å². The summed E-state index contributed by atoms with van der Waals surface area (Å²) in [5.41, 5.74) is 12.6. The van der Waals surface area contributed by atoms with E-state index in [4.69, 9.17) is 8.86 Å². The Hall–Kier alpha value is -1.42. The minimum absolute atomic E-state index is 0. The average molecular weight is 657 g/mol. The molecule has 6 heteroatoms. The first-order valence-corrected chi connectivity index (χ1v) is 17.9. The molecule has 0 unspecified atom stereocenters. The van der Waals surface area contributed by atoms with Crippen molar-refractivity contribution in [2.24, 2.45) is 7.05 Å². The fourth-order valence-electron chi connectivity index (χ4n) is 5.94. The van der Waals surface area contributed by atoms with Crippen LogP contribution in [0.4, 0.5) is 0 Å². The van der Waals surface area contributed by atoms with Crippen LogP contribution in [0.25, 0.3) is 33.3 Å². The molecule has 0 spiro atoms. The first kappa shape index (κ1) is 25.2. The van der Waals surface area contributed by atoms with Crippen molar-refractivity contribution in [3.05, 3.63) is 106 Å².